The molecule has 0 radical (unpaired) electrons. The molecule has 3 aromatic rings. The molecule has 1 amide bonds. The molecule has 0 spiro atoms. The van der Waals surface area contributed by atoms with Crippen LogP contribution in [0.5, 0.6) is 0 Å². The Kier molecular flexibility index (Phi) is 5.16. The highest BCUT2D eigenvalue weighted by atomic mass is 32.1. The number of benzene rings is 1. The van der Waals surface area contributed by atoms with Crippen molar-refractivity contribution in [3.8, 4) is 0 Å². The number of carbonyl (C=O) groups is 1. The first kappa shape index (κ1) is 17.7. The van der Waals surface area contributed by atoms with Crippen LogP contribution in [0.4, 0.5) is 11.4 Å². The van der Waals surface area contributed by atoms with E-state index in [0.29, 0.717) is 0 Å². The van der Waals surface area contributed by atoms with Crippen molar-refractivity contribution < 1.29 is 4.79 Å². The van der Waals surface area contributed by atoms with E-state index >= 15 is 0 Å². The zero-order chi connectivity index (χ0) is 18.6. The number of thiazole rings is 1. The number of aromatic nitrogens is 2. The number of amides is 1. The van der Waals surface area contributed by atoms with Gasteiger partial charge in [-0.1, -0.05) is 0 Å². The smallest absolute Gasteiger partial charge is 0.248 e. The Hall–Kier alpha value is -2.73. The van der Waals surface area contributed by atoms with Crippen molar-refractivity contribution in [1.29, 1.82) is 0 Å². The van der Waals surface area contributed by atoms with Gasteiger partial charge in [0.15, 0.2) is 0 Å². The number of anilines is 2. The standard InChI is InChI=1S/C21H22N4OS/c1-15-23-16(14-27-15)5-8-21(26)24-19-6-7-20(25-11-3-2-4-12-25)17-9-10-22-13-18(17)19/h5-10,13-14H,2-4,11-12H2,1H3,(H,24,26). The van der Waals surface area contributed by atoms with E-state index in [1.807, 2.05) is 36.8 Å². The van der Waals surface area contributed by atoms with Crippen LogP contribution < -0.4 is 10.2 Å². The fraction of sp³-hybridized carbons (Fsp3) is 0.286. The maximum atomic E-state index is 12.4. The monoisotopic (exact) mass is 378 g/mol. The molecule has 0 bridgehead atoms. The molecule has 1 aliphatic heterocycles. The zero-order valence-corrected chi connectivity index (χ0v) is 16.1. The van der Waals surface area contributed by atoms with Crippen LogP contribution in [0.15, 0.2) is 42.0 Å². The van der Waals surface area contributed by atoms with Crippen LogP contribution in [-0.4, -0.2) is 29.0 Å². The second kappa shape index (κ2) is 7.88. The Balaban J connectivity index is 1.58. The number of pyridine rings is 1. The molecule has 1 aromatic carbocycles. The van der Waals surface area contributed by atoms with Crippen molar-refractivity contribution in [3.63, 3.8) is 0 Å². The third-order valence-electron chi connectivity index (χ3n) is 4.79. The summed E-state index contributed by atoms with van der Waals surface area (Å²) in [5.41, 5.74) is 2.81. The van der Waals surface area contributed by atoms with Crippen LogP contribution in [0, 0.1) is 6.92 Å². The SMILES string of the molecule is Cc1nc(C=CC(=O)Nc2ccc(N3CCCCC3)c3ccncc23)cs1. The Morgan fingerprint density at radius 2 is 2.04 bits per heavy atom. The Morgan fingerprint density at radius 3 is 2.81 bits per heavy atom. The van der Waals surface area contributed by atoms with Gasteiger partial charge in [-0.2, -0.15) is 0 Å². The number of carbonyl (C=O) groups excluding carboxylic acids is 1. The van der Waals surface area contributed by atoms with Gasteiger partial charge in [0.05, 0.1) is 16.4 Å². The third kappa shape index (κ3) is 4.01. The minimum Gasteiger partial charge on any atom is -0.371 e. The van der Waals surface area contributed by atoms with Gasteiger partial charge in [0, 0.05) is 53.4 Å². The van der Waals surface area contributed by atoms with E-state index in [4.69, 9.17) is 0 Å². The first-order valence-electron chi connectivity index (χ1n) is 9.23. The average Bonchev–Trinajstić information content (AvgIpc) is 3.13. The average molecular weight is 379 g/mol. The van der Waals surface area contributed by atoms with E-state index in [0.717, 1.165) is 40.3 Å². The molecule has 0 atom stereocenters. The fourth-order valence-corrected chi connectivity index (χ4v) is 4.07. The number of rotatable bonds is 4. The van der Waals surface area contributed by atoms with E-state index < -0.39 is 0 Å². The molecular weight excluding hydrogens is 356 g/mol. The van der Waals surface area contributed by atoms with Crippen molar-refractivity contribution in [2.24, 2.45) is 0 Å². The maximum Gasteiger partial charge on any atom is 0.248 e. The molecule has 27 heavy (non-hydrogen) atoms. The number of aryl methyl sites for hydroxylation is 1. The molecule has 0 saturated carbocycles. The van der Waals surface area contributed by atoms with Gasteiger partial charge < -0.3 is 10.2 Å². The lowest BCUT2D eigenvalue weighted by Gasteiger charge is -2.30. The van der Waals surface area contributed by atoms with Gasteiger partial charge in [-0.05, 0) is 50.5 Å². The molecule has 2 aromatic heterocycles. The minimum absolute atomic E-state index is 0.170. The van der Waals surface area contributed by atoms with E-state index in [-0.39, 0.29) is 5.91 Å². The summed E-state index contributed by atoms with van der Waals surface area (Å²) in [6.07, 6.45) is 10.7. The van der Waals surface area contributed by atoms with Crippen molar-refractivity contribution in [1.82, 2.24) is 9.97 Å². The molecule has 0 unspecified atom stereocenters. The molecule has 5 nitrogen and oxygen atoms in total. The van der Waals surface area contributed by atoms with Crippen LogP contribution in [0.2, 0.25) is 0 Å². The first-order valence-corrected chi connectivity index (χ1v) is 10.1. The van der Waals surface area contributed by atoms with Crippen molar-refractivity contribution in [2.45, 2.75) is 26.2 Å². The summed E-state index contributed by atoms with van der Waals surface area (Å²) in [5, 5.41) is 8.00. The Bertz CT molecular complexity index is 989. The molecule has 1 fully saturated rings. The van der Waals surface area contributed by atoms with Gasteiger partial charge >= 0.3 is 0 Å². The summed E-state index contributed by atoms with van der Waals surface area (Å²) in [6, 6.07) is 6.12. The Labute approximate surface area is 162 Å². The predicted octanol–water partition coefficient (Wildman–Crippen LogP) is 4.64. The molecule has 138 valence electrons. The largest absolute Gasteiger partial charge is 0.371 e. The fourth-order valence-electron chi connectivity index (χ4n) is 3.49. The first-order chi connectivity index (χ1) is 13.2. The van der Waals surface area contributed by atoms with Crippen LogP contribution in [0.25, 0.3) is 16.8 Å². The highest BCUT2D eigenvalue weighted by Crippen LogP contribution is 2.33. The molecule has 3 heterocycles. The van der Waals surface area contributed by atoms with Crippen LogP contribution in [0.3, 0.4) is 0 Å². The van der Waals surface area contributed by atoms with Gasteiger partial charge in [0.1, 0.15) is 0 Å². The van der Waals surface area contributed by atoms with E-state index in [1.165, 1.54) is 31.0 Å². The lowest BCUT2D eigenvalue weighted by molar-refractivity contribution is -0.111. The lowest BCUT2D eigenvalue weighted by atomic mass is 10.1. The van der Waals surface area contributed by atoms with E-state index in [9.17, 15) is 4.79 Å². The van der Waals surface area contributed by atoms with E-state index in [1.54, 1.807) is 17.4 Å². The second-order valence-electron chi connectivity index (χ2n) is 6.72. The number of nitrogens with one attached hydrogen (secondary N) is 1. The van der Waals surface area contributed by atoms with Crippen molar-refractivity contribution in [3.05, 3.63) is 52.8 Å². The number of hydrogen-bond acceptors (Lipinski definition) is 5. The number of fused-ring (bicyclic) bond motifs is 1. The number of hydrogen-bond donors (Lipinski definition) is 1. The summed E-state index contributed by atoms with van der Waals surface area (Å²) < 4.78 is 0. The molecule has 0 aliphatic carbocycles. The van der Waals surface area contributed by atoms with E-state index in [2.05, 4.69) is 26.3 Å². The highest BCUT2D eigenvalue weighted by Gasteiger charge is 2.15. The summed E-state index contributed by atoms with van der Waals surface area (Å²) >= 11 is 1.57. The summed E-state index contributed by atoms with van der Waals surface area (Å²) in [7, 11) is 0. The molecular formula is C21H22N4OS. The predicted molar refractivity (Wildman–Crippen MR) is 112 cm³/mol. The van der Waals surface area contributed by atoms with Gasteiger partial charge in [-0.25, -0.2) is 4.98 Å². The summed E-state index contributed by atoms with van der Waals surface area (Å²) in [6.45, 7) is 4.11. The van der Waals surface area contributed by atoms with Crippen LogP contribution >= 0.6 is 11.3 Å². The van der Waals surface area contributed by atoms with Gasteiger partial charge in [-0.15, -0.1) is 11.3 Å². The third-order valence-corrected chi connectivity index (χ3v) is 5.58. The van der Waals surface area contributed by atoms with Gasteiger partial charge in [-0.3, -0.25) is 9.78 Å². The van der Waals surface area contributed by atoms with Gasteiger partial charge in [0.2, 0.25) is 5.91 Å². The highest BCUT2D eigenvalue weighted by molar-refractivity contribution is 7.09. The number of piperidine rings is 1. The Morgan fingerprint density at radius 1 is 1.19 bits per heavy atom. The molecule has 1 aliphatic rings. The molecule has 1 N–H and O–H groups in total. The van der Waals surface area contributed by atoms with Crippen LogP contribution in [-0.2, 0) is 4.79 Å². The zero-order valence-electron chi connectivity index (χ0n) is 15.3. The lowest BCUT2D eigenvalue weighted by Crippen LogP contribution is -2.29. The van der Waals surface area contributed by atoms with Gasteiger partial charge in [0.25, 0.3) is 0 Å². The quantitative estimate of drug-likeness (QED) is 0.672. The van der Waals surface area contributed by atoms with Crippen LogP contribution in [0.1, 0.15) is 30.0 Å². The minimum atomic E-state index is -0.170. The normalized spacial score (nSPS) is 14.8. The topological polar surface area (TPSA) is 58.1 Å². The summed E-state index contributed by atoms with van der Waals surface area (Å²) in [5.74, 6) is -0.170. The molecule has 4 rings (SSSR count). The number of nitrogens with zero attached hydrogens (tertiary/aromatic N) is 3. The maximum absolute atomic E-state index is 12.4. The second-order valence-corrected chi connectivity index (χ2v) is 7.78. The van der Waals surface area contributed by atoms with Crippen molar-refractivity contribution in [2.75, 3.05) is 23.3 Å². The van der Waals surface area contributed by atoms with Crippen molar-refractivity contribution >= 4 is 45.5 Å². The molecule has 1 saturated heterocycles. The molecule has 6 heteroatoms. The summed E-state index contributed by atoms with van der Waals surface area (Å²) in [4.78, 5) is 23.4.